The first-order chi connectivity index (χ1) is 25.0. The predicted molar refractivity (Wildman–Crippen MR) is 209 cm³/mol. The Hall–Kier alpha value is -5.08. The molecule has 0 radical (unpaired) electrons. The van der Waals surface area contributed by atoms with E-state index in [-0.39, 0.29) is 10.8 Å². The van der Waals surface area contributed by atoms with Crippen molar-refractivity contribution in [2.75, 3.05) is 4.90 Å². The van der Waals surface area contributed by atoms with Gasteiger partial charge >= 0.3 is 0 Å². The van der Waals surface area contributed by atoms with Crippen molar-refractivity contribution in [2.45, 2.75) is 56.8 Å². The maximum absolute atomic E-state index is 6.35. The number of benzene rings is 6. The van der Waals surface area contributed by atoms with Crippen LogP contribution in [0.4, 0.5) is 17.1 Å². The van der Waals surface area contributed by atoms with Crippen molar-refractivity contribution >= 4 is 39.0 Å². The summed E-state index contributed by atoms with van der Waals surface area (Å²) >= 11 is 0. The minimum atomic E-state index is -0.0893. The maximum Gasteiger partial charge on any atom is 0.135 e. The van der Waals surface area contributed by atoms with E-state index in [0.717, 1.165) is 45.6 Å². The Morgan fingerprint density at radius 3 is 1.96 bits per heavy atom. The molecule has 0 N–H and O–H groups in total. The van der Waals surface area contributed by atoms with Gasteiger partial charge in [-0.2, -0.15) is 0 Å². The van der Waals surface area contributed by atoms with E-state index >= 15 is 0 Å². The third-order valence-corrected chi connectivity index (χ3v) is 14.2. The van der Waals surface area contributed by atoms with Crippen molar-refractivity contribution in [3.8, 4) is 22.3 Å². The van der Waals surface area contributed by atoms with Gasteiger partial charge in [0.05, 0.1) is 5.69 Å². The zero-order chi connectivity index (χ0) is 33.6. The number of furan rings is 1. The van der Waals surface area contributed by atoms with Gasteiger partial charge in [0.2, 0.25) is 0 Å². The Kier molecular flexibility index (Phi) is 5.51. The van der Waals surface area contributed by atoms with E-state index in [2.05, 4.69) is 146 Å². The zero-order valence-corrected chi connectivity index (χ0v) is 29.3. The van der Waals surface area contributed by atoms with Crippen LogP contribution in [-0.4, -0.2) is 0 Å². The highest BCUT2D eigenvalue weighted by Crippen LogP contribution is 2.70. The predicted octanol–water partition coefficient (Wildman–Crippen LogP) is 13.1. The Morgan fingerprint density at radius 2 is 1.14 bits per heavy atom. The van der Waals surface area contributed by atoms with Crippen molar-refractivity contribution in [3.63, 3.8) is 0 Å². The first kappa shape index (κ1) is 28.6. The first-order valence-electron chi connectivity index (χ1n) is 19.2. The molecule has 2 heteroatoms. The summed E-state index contributed by atoms with van der Waals surface area (Å²) in [5.74, 6) is 3.30. The van der Waals surface area contributed by atoms with Crippen LogP contribution in [0.2, 0.25) is 0 Å². The summed E-state index contributed by atoms with van der Waals surface area (Å²) in [6.45, 7) is 4.78. The molecule has 13 rings (SSSR count). The van der Waals surface area contributed by atoms with Crippen LogP contribution >= 0.6 is 0 Å². The zero-order valence-electron chi connectivity index (χ0n) is 29.3. The molecular weight excluding hydrogens is 619 g/mol. The summed E-state index contributed by atoms with van der Waals surface area (Å²) in [5, 5.41) is 2.32. The molecular formula is C49H41NO. The summed E-state index contributed by atoms with van der Waals surface area (Å²) in [7, 11) is 0. The lowest BCUT2D eigenvalue weighted by molar-refractivity contribution is -0.0399. The smallest absolute Gasteiger partial charge is 0.135 e. The van der Waals surface area contributed by atoms with E-state index in [1.54, 1.807) is 11.1 Å². The third-order valence-electron chi connectivity index (χ3n) is 14.2. The van der Waals surface area contributed by atoms with Gasteiger partial charge in [-0.25, -0.2) is 0 Å². The maximum atomic E-state index is 6.35. The quantitative estimate of drug-likeness (QED) is 0.188. The Morgan fingerprint density at radius 1 is 0.510 bits per heavy atom. The average Bonchev–Trinajstić information content (AvgIpc) is 3.75. The number of para-hydroxylation sites is 1. The highest BCUT2D eigenvalue weighted by Gasteiger charge is 2.61. The highest BCUT2D eigenvalue weighted by atomic mass is 16.3. The topological polar surface area (TPSA) is 16.4 Å². The molecule has 1 heterocycles. The normalized spacial score (nSPS) is 25.7. The number of hydrogen-bond acceptors (Lipinski definition) is 2. The molecule has 51 heavy (non-hydrogen) atoms. The molecule has 4 saturated carbocycles. The highest BCUT2D eigenvalue weighted by molar-refractivity contribution is 6.07. The molecule has 0 amide bonds. The first-order valence-corrected chi connectivity index (χ1v) is 19.2. The van der Waals surface area contributed by atoms with Crippen LogP contribution in [0, 0.1) is 23.7 Å². The molecule has 1 spiro atoms. The van der Waals surface area contributed by atoms with Gasteiger partial charge in [0, 0.05) is 38.5 Å². The number of fused-ring (bicyclic) bond motifs is 9. The van der Waals surface area contributed by atoms with E-state index < -0.39 is 0 Å². The summed E-state index contributed by atoms with van der Waals surface area (Å²) in [6.07, 6.45) is 7.02. The molecule has 2 nitrogen and oxygen atoms in total. The van der Waals surface area contributed by atoms with Gasteiger partial charge in [0.1, 0.15) is 11.2 Å². The van der Waals surface area contributed by atoms with E-state index in [9.17, 15) is 0 Å². The largest absolute Gasteiger partial charge is 0.456 e. The van der Waals surface area contributed by atoms with Gasteiger partial charge in [-0.05, 0) is 137 Å². The molecule has 7 aromatic rings. The van der Waals surface area contributed by atoms with E-state index in [1.165, 1.54) is 82.5 Å². The van der Waals surface area contributed by atoms with Crippen LogP contribution in [0.15, 0.2) is 132 Å². The van der Waals surface area contributed by atoms with Crippen LogP contribution < -0.4 is 4.90 Å². The van der Waals surface area contributed by atoms with Crippen LogP contribution in [0.1, 0.15) is 68.2 Å². The number of hydrogen-bond donors (Lipinski definition) is 0. The Bertz CT molecular complexity index is 2570. The number of nitrogens with zero attached hydrogens (tertiary/aromatic N) is 1. The molecule has 6 aliphatic rings. The molecule has 0 unspecified atom stereocenters. The van der Waals surface area contributed by atoms with E-state index in [1.807, 2.05) is 0 Å². The van der Waals surface area contributed by atoms with Gasteiger partial charge in [0.25, 0.3) is 0 Å². The average molecular weight is 660 g/mol. The monoisotopic (exact) mass is 659 g/mol. The minimum Gasteiger partial charge on any atom is -0.456 e. The second kappa shape index (κ2) is 9.82. The summed E-state index contributed by atoms with van der Waals surface area (Å²) in [5.41, 5.74) is 17.2. The van der Waals surface area contributed by atoms with Gasteiger partial charge in [-0.3, -0.25) is 0 Å². The van der Waals surface area contributed by atoms with Crippen molar-refractivity contribution in [1.29, 1.82) is 0 Å². The van der Waals surface area contributed by atoms with Crippen LogP contribution in [0.25, 0.3) is 44.2 Å². The standard InChI is InChI=1S/C49H41NO/c1-48(2)40-13-6-3-10-35(40)36-20-18-34(28-43(36)48)50(33-19-21-46-39(27-33)37-11-5-8-17-45(37)51-46)44-16-9-15-42-47(44)38-12-4-7-14-41(38)49(42)31-23-29-22-30(25-31)26-32(49)24-29/h3-21,27-32H,22-26H2,1-2H3. The summed E-state index contributed by atoms with van der Waals surface area (Å²) in [4.78, 5) is 2.57. The SMILES string of the molecule is CC1(C)c2ccccc2-c2ccc(N(c3ccc4oc5ccccc5c4c3)c3cccc4c3-c3ccccc3C43C4CC5CC(C4)CC3C5)cc21. The fraction of sp³-hybridized carbons (Fsp3) is 0.265. The molecule has 4 fully saturated rings. The second-order valence-electron chi connectivity index (χ2n) is 16.9. The van der Waals surface area contributed by atoms with Gasteiger partial charge in [-0.15, -0.1) is 0 Å². The van der Waals surface area contributed by atoms with Crippen molar-refractivity contribution in [1.82, 2.24) is 0 Å². The lowest BCUT2D eigenvalue weighted by Crippen LogP contribution is -2.55. The molecule has 0 saturated heterocycles. The van der Waals surface area contributed by atoms with E-state index in [4.69, 9.17) is 4.42 Å². The van der Waals surface area contributed by atoms with Crippen LogP contribution in [-0.2, 0) is 10.8 Å². The van der Waals surface area contributed by atoms with Gasteiger partial charge < -0.3 is 9.32 Å². The molecule has 6 aromatic carbocycles. The molecule has 6 aliphatic carbocycles. The number of rotatable bonds is 3. The number of anilines is 3. The fourth-order valence-electron chi connectivity index (χ4n) is 12.5. The molecule has 0 aliphatic heterocycles. The Labute approximate surface area is 299 Å². The van der Waals surface area contributed by atoms with Crippen molar-refractivity contribution in [3.05, 3.63) is 150 Å². The molecule has 0 atom stereocenters. The third kappa shape index (κ3) is 3.59. The van der Waals surface area contributed by atoms with Crippen LogP contribution in [0.3, 0.4) is 0 Å². The molecule has 1 aromatic heterocycles. The summed E-state index contributed by atoms with van der Waals surface area (Å²) in [6, 6.07) is 48.3. The van der Waals surface area contributed by atoms with Gasteiger partial charge in [-0.1, -0.05) is 98.8 Å². The van der Waals surface area contributed by atoms with E-state index in [0.29, 0.717) is 0 Å². The minimum absolute atomic E-state index is 0.0893. The second-order valence-corrected chi connectivity index (χ2v) is 16.9. The molecule has 4 bridgehead atoms. The van der Waals surface area contributed by atoms with Crippen molar-refractivity contribution in [2.24, 2.45) is 23.7 Å². The fourth-order valence-corrected chi connectivity index (χ4v) is 12.5. The lowest BCUT2D eigenvalue weighted by atomic mass is 9.43. The van der Waals surface area contributed by atoms with Crippen LogP contribution in [0.5, 0.6) is 0 Å². The van der Waals surface area contributed by atoms with Gasteiger partial charge in [0.15, 0.2) is 0 Å². The lowest BCUT2D eigenvalue weighted by Gasteiger charge is -2.61. The van der Waals surface area contributed by atoms with Crippen molar-refractivity contribution < 1.29 is 4.42 Å². The molecule has 248 valence electrons. The Balaban J connectivity index is 1.13. The summed E-state index contributed by atoms with van der Waals surface area (Å²) < 4.78 is 6.35.